The van der Waals surface area contributed by atoms with E-state index in [1.807, 2.05) is 0 Å². The van der Waals surface area contributed by atoms with E-state index in [0.29, 0.717) is 36.6 Å². The van der Waals surface area contributed by atoms with Crippen LogP contribution < -0.4 is 11.1 Å². The summed E-state index contributed by atoms with van der Waals surface area (Å²) < 4.78 is 0. The van der Waals surface area contributed by atoms with Crippen LogP contribution in [0, 0.1) is 23.7 Å². The third-order valence-electron chi connectivity index (χ3n) is 3.63. The lowest BCUT2D eigenvalue weighted by Crippen LogP contribution is -2.35. The Bertz CT molecular complexity index is 202. The topological polar surface area (TPSA) is 55.1 Å². The van der Waals surface area contributed by atoms with Gasteiger partial charge < -0.3 is 11.1 Å². The Balaban J connectivity index is 4.04. The fraction of sp³-hybridized carbons (Fsp3) is 0.929. The van der Waals surface area contributed by atoms with Crippen molar-refractivity contribution < 1.29 is 4.79 Å². The summed E-state index contributed by atoms with van der Waals surface area (Å²) in [6.07, 6.45) is 1.54. The molecule has 0 bridgehead atoms. The summed E-state index contributed by atoms with van der Waals surface area (Å²) in [5.74, 6) is 2.23. The first-order chi connectivity index (χ1) is 7.92. The van der Waals surface area contributed by atoms with Crippen LogP contribution in [0.15, 0.2) is 0 Å². The summed E-state index contributed by atoms with van der Waals surface area (Å²) in [7, 11) is 0. The molecule has 0 aromatic carbocycles. The van der Waals surface area contributed by atoms with Crippen molar-refractivity contribution in [3.8, 4) is 0 Å². The molecule has 3 heteroatoms. The quantitative estimate of drug-likeness (QED) is 0.687. The number of nitrogens with two attached hydrogens (primary N) is 1. The average molecular weight is 242 g/mol. The van der Waals surface area contributed by atoms with Crippen molar-refractivity contribution in [2.75, 3.05) is 13.1 Å². The molecule has 0 aliphatic heterocycles. The molecular formula is C14H30N2O. The van der Waals surface area contributed by atoms with Crippen LogP contribution in [-0.2, 0) is 4.79 Å². The van der Waals surface area contributed by atoms with Crippen LogP contribution in [0.3, 0.4) is 0 Å². The van der Waals surface area contributed by atoms with Crippen molar-refractivity contribution in [1.82, 2.24) is 5.32 Å². The number of amides is 1. The molecule has 0 saturated carbocycles. The number of carbonyl (C=O) groups is 1. The van der Waals surface area contributed by atoms with Crippen LogP contribution in [0.2, 0.25) is 0 Å². The second kappa shape index (κ2) is 8.51. The van der Waals surface area contributed by atoms with E-state index in [-0.39, 0.29) is 5.91 Å². The Labute approximate surface area is 107 Å². The number of hydrogen-bond acceptors (Lipinski definition) is 2. The molecule has 0 aromatic heterocycles. The molecule has 0 heterocycles. The average Bonchev–Trinajstić information content (AvgIpc) is 2.25. The SMILES string of the molecule is CCC(CN)CC(=O)NCC(C(C)C)C(C)C. The van der Waals surface area contributed by atoms with E-state index in [1.165, 1.54) is 0 Å². The van der Waals surface area contributed by atoms with Gasteiger partial charge in [0.1, 0.15) is 0 Å². The van der Waals surface area contributed by atoms with E-state index in [4.69, 9.17) is 5.73 Å². The predicted octanol–water partition coefficient (Wildman–Crippen LogP) is 2.41. The molecule has 0 rings (SSSR count). The molecule has 102 valence electrons. The first-order valence-corrected chi connectivity index (χ1v) is 6.89. The molecule has 3 nitrogen and oxygen atoms in total. The van der Waals surface area contributed by atoms with Gasteiger partial charge >= 0.3 is 0 Å². The summed E-state index contributed by atoms with van der Waals surface area (Å²) in [6.45, 7) is 12.3. The normalized spacial score (nSPS) is 13.5. The summed E-state index contributed by atoms with van der Waals surface area (Å²) in [4.78, 5) is 11.8. The zero-order valence-corrected chi connectivity index (χ0v) is 12.1. The second-order valence-electron chi connectivity index (χ2n) is 5.67. The zero-order chi connectivity index (χ0) is 13.4. The minimum absolute atomic E-state index is 0.147. The number of nitrogens with one attached hydrogen (secondary N) is 1. The molecule has 0 saturated heterocycles. The minimum Gasteiger partial charge on any atom is -0.356 e. The lowest BCUT2D eigenvalue weighted by Gasteiger charge is -2.25. The highest BCUT2D eigenvalue weighted by Crippen LogP contribution is 2.19. The highest BCUT2D eigenvalue weighted by atomic mass is 16.1. The van der Waals surface area contributed by atoms with Crippen LogP contribution in [0.25, 0.3) is 0 Å². The summed E-state index contributed by atoms with van der Waals surface area (Å²) in [6, 6.07) is 0. The van der Waals surface area contributed by atoms with Gasteiger partial charge in [0.25, 0.3) is 0 Å². The van der Waals surface area contributed by atoms with Crippen molar-refractivity contribution in [1.29, 1.82) is 0 Å². The van der Waals surface area contributed by atoms with Crippen molar-refractivity contribution in [3.05, 3.63) is 0 Å². The molecular weight excluding hydrogens is 212 g/mol. The molecule has 1 amide bonds. The Morgan fingerprint density at radius 3 is 2.06 bits per heavy atom. The maximum atomic E-state index is 11.8. The van der Waals surface area contributed by atoms with E-state index < -0.39 is 0 Å². The van der Waals surface area contributed by atoms with Crippen LogP contribution >= 0.6 is 0 Å². The van der Waals surface area contributed by atoms with Gasteiger partial charge in [-0.05, 0) is 30.2 Å². The van der Waals surface area contributed by atoms with Crippen LogP contribution in [0.5, 0.6) is 0 Å². The monoisotopic (exact) mass is 242 g/mol. The van der Waals surface area contributed by atoms with Gasteiger partial charge in [0.2, 0.25) is 5.91 Å². The summed E-state index contributed by atoms with van der Waals surface area (Å²) >= 11 is 0. The van der Waals surface area contributed by atoms with Crippen molar-refractivity contribution in [2.24, 2.45) is 29.4 Å². The Morgan fingerprint density at radius 2 is 1.71 bits per heavy atom. The fourth-order valence-electron chi connectivity index (χ4n) is 2.20. The first-order valence-electron chi connectivity index (χ1n) is 6.89. The van der Waals surface area contributed by atoms with Gasteiger partial charge in [0.05, 0.1) is 0 Å². The van der Waals surface area contributed by atoms with Crippen LogP contribution in [-0.4, -0.2) is 19.0 Å². The smallest absolute Gasteiger partial charge is 0.220 e. The third kappa shape index (κ3) is 6.67. The van der Waals surface area contributed by atoms with Crippen molar-refractivity contribution in [3.63, 3.8) is 0 Å². The van der Waals surface area contributed by atoms with Crippen molar-refractivity contribution >= 4 is 5.91 Å². The van der Waals surface area contributed by atoms with E-state index in [1.54, 1.807) is 0 Å². The maximum absolute atomic E-state index is 11.8. The predicted molar refractivity (Wildman–Crippen MR) is 73.6 cm³/mol. The molecule has 0 spiro atoms. The first kappa shape index (κ1) is 16.4. The van der Waals surface area contributed by atoms with Crippen molar-refractivity contribution in [2.45, 2.75) is 47.5 Å². The van der Waals surface area contributed by atoms with Gasteiger partial charge in [-0.1, -0.05) is 41.0 Å². The fourth-order valence-corrected chi connectivity index (χ4v) is 2.20. The highest BCUT2D eigenvalue weighted by Gasteiger charge is 2.18. The summed E-state index contributed by atoms with van der Waals surface area (Å²) in [5.41, 5.74) is 5.60. The second-order valence-corrected chi connectivity index (χ2v) is 5.67. The van der Waals surface area contributed by atoms with Gasteiger partial charge in [-0.3, -0.25) is 4.79 Å². The van der Waals surface area contributed by atoms with Crippen LogP contribution in [0.1, 0.15) is 47.5 Å². The molecule has 1 unspecified atom stereocenters. The third-order valence-corrected chi connectivity index (χ3v) is 3.63. The number of hydrogen-bond donors (Lipinski definition) is 2. The zero-order valence-electron chi connectivity index (χ0n) is 12.1. The molecule has 17 heavy (non-hydrogen) atoms. The van der Waals surface area contributed by atoms with Gasteiger partial charge in [0.15, 0.2) is 0 Å². The molecule has 3 N–H and O–H groups in total. The van der Waals surface area contributed by atoms with Gasteiger partial charge in [-0.25, -0.2) is 0 Å². The lowest BCUT2D eigenvalue weighted by atomic mass is 9.85. The summed E-state index contributed by atoms with van der Waals surface area (Å²) in [5, 5.41) is 3.05. The Kier molecular flexibility index (Phi) is 8.23. The molecule has 0 fully saturated rings. The highest BCUT2D eigenvalue weighted by molar-refractivity contribution is 5.76. The Hall–Kier alpha value is -0.570. The van der Waals surface area contributed by atoms with E-state index in [2.05, 4.69) is 39.9 Å². The molecule has 0 radical (unpaired) electrons. The van der Waals surface area contributed by atoms with Gasteiger partial charge in [-0.2, -0.15) is 0 Å². The number of carbonyl (C=O) groups excluding carboxylic acids is 1. The van der Waals surface area contributed by atoms with Gasteiger partial charge in [-0.15, -0.1) is 0 Å². The van der Waals surface area contributed by atoms with Crippen LogP contribution in [0.4, 0.5) is 0 Å². The molecule has 0 aromatic rings. The Morgan fingerprint density at radius 1 is 1.18 bits per heavy atom. The van der Waals surface area contributed by atoms with E-state index >= 15 is 0 Å². The largest absolute Gasteiger partial charge is 0.356 e. The maximum Gasteiger partial charge on any atom is 0.220 e. The molecule has 0 aliphatic rings. The number of rotatable bonds is 8. The minimum atomic E-state index is 0.147. The van der Waals surface area contributed by atoms with E-state index in [9.17, 15) is 4.79 Å². The standard InChI is InChI=1S/C14H30N2O/c1-6-12(8-15)7-14(17)16-9-13(10(2)3)11(4)5/h10-13H,6-9,15H2,1-5H3,(H,16,17). The molecule has 1 atom stereocenters. The van der Waals surface area contributed by atoms with E-state index in [0.717, 1.165) is 13.0 Å². The lowest BCUT2D eigenvalue weighted by molar-refractivity contribution is -0.122. The van der Waals surface area contributed by atoms with Gasteiger partial charge in [0, 0.05) is 13.0 Å². The molecule has 0 aliphatic carbocycles.